The molecule has 6 nitrogen and oxygen atoms in total. The molecule has 1 heterocycles. The number of rotatable bonds is 4. The molecule has 0 bridgehead atoms. The molecule has 1 atom stereocenters. The molecule has 0 aliphatic carbocycles. The van der Waals surface area contributed by atoms with Gasteiger partial charge in [-0.2, -0.15) is 4.72 Å². The van der Waals surface area contributed by atoms with Crippen LogP contribution >= 0.6 is 23.2 Å². The van der Waals surface area contributed by atoms with Crippen LogP contribution in [0.2, 0.25) is 10.0 Å². The molecule has 1 fully saturated rings. The van der Waals surface area contributed by atoms with Crippen molar-refractivity contribution in [1.29, 1.82) is 0 Å². The third-order valence-corrected chi connectivity index (χ3v) is 4.86. The molecule has 9 heteroatoms. The third-order valence-electron chi connectivity index (χ3n) is 2.91. The zero-order valence-electron chi connectivity index (χ0n) is 10.1. The number of aliphatic carboxylic acids is 1. The Morgan fingerprint density at radius 1 is 1.30 bits per heavy atom. The molecule has 0 radical (unpaired) electrons. The Labute approximate surface area is 125 Å². The van der Waals surface area contributed by atoms with Gasteiger partial charge in [0.05, 0.1) is 11.5 Å². The van der Waals surface area contributed by atoms with Gasteiger partial charge in [-0.3, -0.25) is 4.79 Å². The molecular weight excluding hydrogens is 329 g/mol. The topological polar surface area (TPSA) is 92.7 Å². The maximum Gasteiger partial charge on any atom is 0.327 e. The maximum absolute atomic E-state index is 12.3. The van der Waals surface area contributed by atoms with Gasteiger partial charge in [-0.05, 0) is 18.2 Å². The summed E-state index contributed by atoms with van der Waals surface area (Å²) in [4.78, 5) is 11.1. The standard InChI is InChI=1S/C11H11Cl2NO5S/c12-7-3-8(13)5-9(4-7)20(17,18)14-11(10(15)16)1-2-19-6-11/h3-5,14H,1-2,6H2,(H,15,16). The minimum absolute atomic E-state index is 0.0514. The van der Waals surface area contributed by atoms with Crippen molar-refractivity contribution >= 4 is 39.2 Å². The summed E-state index contributed by atoms with van der Waals surface area (Å²) < 4.78 is 31.7. The summed E-state index contributed by atoms with van der Waals surface area (Å²) in [5.41, 5.74) is -1.66. The van der Waals surface area contributed by atoms with E-state index in [9.17, 15) is 18.3 Å². The molecule has 0 amide bonds. The number of nitrogens with one attached hydrogen (secondary N) is 1. The smallest absolute Gasteiger partial charge is 0.327 e. The summed E-state index contributed by atoms with van der Waals surface area (Å²) in [6, 6.07) is 3.77. The lowest BCUT2D eigenvalue weighted by atomic mass is 10.0. The number of halogens is 2. The molecule has 1 unspecified atom stereocenters. The number of benzene rings is 1. The Morgan fingerprint density at radius 3 is 2.35 bits per heavy atom. The zero-order chi connectivity index (χ0) is 15.0. The van der Waals surface area contributed by atoms with Gasteiger partial charge in [0, 0.05) is 23.1 Å². The number of carboxylic acids is 1. The summed E-state index contributed by atoms with van der Waals surface area (Å²) in [7, 11) is -4.07. The lowest BCUT2D eigenvalue weighted by Crippen LogP contribution is -2.54. The second-order valence-electron chi connectivity index (χ2n) is 4.40. The number of carbonyl (C=O) groups is 1. The van der Waals surface area contributed by atoms with Crippen LogP contribution in [0.25, 0.3) is 0 Å². The van der Waals surface area contributed by atoms with E-state index in [0.29, 0.717) is 0 Å². The minimum atomic E-state index is -4.07. The van der Waals surface area contributed by atoms with Crippen LogP contribution in [0.4, 0.5) is 0 Å². The van der Waals surface area contributed by atoms with Gasteiger partial charge in [-0.25, -0.2) is 8.42 Å². The second-order valence-corrected chi connectivity index (χ2v) is 6.96. The third kappa shape index (κ3) is 3.07. The Kier molecular flexibility index (Phi) is 4.27. The number of ether oxygens (including phenoxy) is 1. The van der Waals surface area contributed by atoms with Gasteiger partial charge in [0.2, 0.25) is 10.0 Å². The van der Waals surface area contributed by atoms with Crippen molar-refractivity contribution in [3.63, 3.8) is 0 Å². The van der Waals surface area contributed by atoms with Crippen molar-refractivity contribution in [1.82, 2.24) is 4.72 Å². The van der Waals surface area contributed by atoms with Crippen molar-refractivity contribution in [3.8, 4) is 0 Å². The quantitative estimate of drug-likeness (QED) is 0.867. The van der Waals surface area contributed by atoms with E-state index in [-0.39, 0.29) is 34.6 Å². The normalized spacial score (nSPS) is 22.9. The fourth-order valence-corrected chi connectivity index (χ4v) is 3.96. The maximum atomic E-state index is 12.3. The molecule has 2 rings (SSSR count). The molecule has 1 aromatic carbocycles. The molecule has 2 N–H and O–H groups in total. The Morgan fingerprint density at radius 2 is 1.90 bits per heavy atom. The van der Waals surface area contributed by atoms with Crippen molar-refractivity contribution in [2.45, 2.75) is 16.9 Å². The van der Waals surface area contributed by atoms with Crippen molar-refractivity contribution < 1.29 is 23.1 Å². The second kappa shape index (κ2) is 5.50. The fourth-order valence-electron chi connectivity index (χ4n) is 1.86. The monoisotopic (exact) mass is 339 g/mol. The number of carboxylic acid groups (broad SMARTS) is 1. The van der Waals surface area contributed by atoms with Crippen LogP contribution in [0.5, 0.6) is 0 Å². The minimum Gasteiger partial charge on any atom is -0.480 e. The van der Waals surface area contributed by atoms with Gasteiger partial charge in [0.25, 0.3) is 0 Å². The molecule has 1 aromatic rings. The van der Waals surface area contributed by atoms with Crippen LogP contribution in [-0.2, 0) is 19.6 Å². The Bertz CT molecular complexity index is 620. The average molecular weight is 340 g/mol. The Hall–Kier alpha value is -0.860. The van der Waals surface area contributed by atoms with E-state index < -0.39 is 21.5 Å². The fraction of sp³-hybridized carbons (Fsp3) is 0.364. The van der Waals surface area contributed by atoms with Crippen LogP contribution < -0.4 is 4.72 Å². The molecule has 1 aliphatic heterocycles. The van der Waals surface area contributed by atoms with E-state index in [1.807, 2.05) is 0 Å². The van der Waals surface area contributed by atoms with Crippen LogP contribution in [-0.4, -0.2) is 38.2 Å². The van der Waals surface area contributed by atoms with Crippen LogP contribution in [0.3, 0.4) is 0 Å². The highest BCUT2D eigenvalue weighted by atomic mass is 35.5. The van der Waals surface area contributed by atoms with Gasteiger partial charge in [-0.15, -0.1) is 0 Å². The largest absolute Gasteiger partial charge is 0.480 e. The van der Waals surface area contributed by atoms with Crippen molar-refractivity contribution in [3.05, 3.63) is 28.2 Å². The van der Waals surface area contributed by atoms with Crippen molar-refractivity contribution in [2.24, 2.45) is 0 Å². The summed E-state index contributed by atoms with van der Waals surface area (Å²) >= 11 is 11.5. The summed E-state index contributed by atoms with van der Waals surface area (Å²) in [5, 5.41) is 9.51. The van der Waals surface area contributed by atoms with E-state index in [4.69, 9.17) is 27.9 Å². The molecule has 1 aliphatic rings. The van der Waals surface area contributed by atoms with Crippen molar-refractivity contribution in [2.75, 3.05) is 13.2 Å². The van der Waals surface area contributed by atoms with E-state index in [2.05, 4.69) is 4.72 Å². The highest BCUT2D eigenvalue weighted by Gasteiger charge is 2.46. The molecule has 0 aromatic heterocycles. The predicted octanol–water partition coefficient (Wildman–Crippen LogP) is 1.52. The van der Waals surface area contributed by atoms with Gasteiger partial charge in [0.15, 0.2) is 5.54 Å². The summed E-state index contributed by atoms with van der Waals surface area (Å²) in [6.45, 7) is -0.0546. The average Bonchev–Trinajstić information content (AvgIpc) is 2.76. The van der Waals surface area contributed by atoms with Crippen LogP contribution in [0.1, 0.15) is 6.42 Å². The van der Waals surface area contributed by atoms with E-state index in [0.717, 1.165) is 0 Å². The number of sulfonamides is 1. The van der Waals surface area contributed by atoms with Crippen LogP contribution in [0, 0.1) is 0 Å². The molecule has 0 saturated carbocycles. The SMILES string of the molecule is O=C(O)C1(NS(=O)(=O)c2cc(Cl)cc(Cl)c2)CCOC1. The highest BCUT2D eigenvalue weighted by molar-refractivity contribution is 7.89. The first-order chi connectivity index (χ1) is 9.25. The molecule has 110 valence electrons. The lowest BCUT2D eigenvalue weighted by molar-refractivity contribution is -0.144. The first-order valence-electron chi connectivity index (χ1n) is 5.56. The van der Waals surface area contributed by atoms with E-state index in [1.54, 1.807) is 0 Å². The Balaban J connectivity index is 2.38. The predicted molar refractivity (Wildman–Crippen MR) is 72.6 cm³/mol. The summed E-state index contributed by atoms with van der Waals surface area (Å²) in [5.74, 6) is -1.29. The van der Waals surface area contributed by atoms with Gasteiger partial charge in [0.1, 0.15) is 0 Å². The number of hydrogen-bond acceptors (Lipinski definition) is 4. The summed E-state index contributed by atoms with van der Waals surface area (Å²) in [6.07, 6.45) is 0.0514. The van der Waals surface area contributed by atoms with Gasteiger partial charge in [-0.1, -0.05) is 23.2 Å². The highest BCUT2D eigenvalue weighted by Crippen LogP contribution is 2.26. The van der Waals surface area contributed by atoms with Crippen LogP contribution in [0.15, 0.2) is 23.1 Å². The lowest BCUT2D eigenvalue weighted by Gasteiger charge is -2.23. The van der Waals surface area contributed by atoms with Gasteiger partial charge < -0.3 is 9.84 Å². The van der Waals surface area contributed by atoms with E-state index in [1.165, 1.54) is 18.2 Å². The first kappa shape index (κ1) is 15.5. The molecule has 1 saturated heterocycles. The number of hydrogen-bond donors (Lipinski definition) is 2. The molecule has 20 heavy (non-hydrogen) atoms. The zero-order valence-corrected chi connectivity index (χ0v) is 12.4. The molecule has 0 spiro atoms. The van der Waals surface area contributed by atoms with E-state index >= 15 is 0 Å². The first-order valence-corrected chi connectivity index (χ1v) is 7.80. The molecular formula is C11H11Cl2NO5S. The van der Waals surface area contributed by atoms with Gasteiger partial charge >= 0.3 is 5.97 Å².